The van der Waals surface area contributed by atoms with Crippen LogP contribution in [0.15, 0.2) is 12.2 Å². The van der Waals surface area contributed by atoms with E-state index >= 15 is 0 Å². The molecular formula is C13H23NO4. The quantitative estimate of drug-likeness (QED) is 0.254. The fourth-order valence-electron chi connectivity index (χ4n) is 1.44. The molecule has 5 heteroatoms. The number of hydrogen-bond acceptors (Lipinski definition) is 4. The van der Waals surface area contributed by atoms with E-state index in [9.17, 15) is 14.7 Å². The minimum absolute atomic E-state index is 0.0671. The molecule has 0 bridgehead atoms. The monoisotopic (exact) mass is 257 g/mol. The molecule has 0 N–H and O–H groups in total. The molecule has 5 nitrogen and oxygen atoms in total. The number of hydrogen-bond donors (Lipinski definition) is 0. The van der Waals surface area contributed by atoms with Crippen LogP contribution in [0, 0.1) is 0 Å². The molecule has 0 spiro atoms. The number of carbonyl (C=O) groups excluding carboxylic acids is 2. The van der Waals surface area contributed by atoms with Crippen LogP contribution in [0.5, 0.6) is 0 Å². The first-order valence-electron chi connectivity index (χ1n) is 6.09. The fraction of sp³-hybridized carbons (Fsp3) is 0.692. The number of aliphatic carboxylic acids is 1. The van der Waals surface area contributed by atoms with Gasteiger partial charge >= 0.3 is 5.97 Å². The second kappa shape index (κ2) is 7.87. The first-order valence-corrected chi connectivity index (χ1v) is 6.09. The zero-order chi connectivity index (χ0) is 14.2. The minimum atomic E-state index is -1.02. The summed E-state index contributed by atoms with van der Waals surface area (Å²) in [6.07, 6.45) is 1.72. The van der Waals surface area contributed by atoms with Gasteiger partial charge in [-0.25, -0.2) is 4.79 Å². The Kier molecular flexibility index (Phi) is 7.27. The van der Waals surface area contributed by atoms with E-state index in [1.807, 2.05) is 14.1 Å². The maximum absolute atomic E-state index is 11.1. The molecule has 0 aromatic rings. The number of quaternary nitrogens is 1. The van der Waals surface area contributed by atoms with E-state index in [1.54, 1.807) is 6.92 Å². The summed E-state index contributed by atoms with van der Waals surface area (Å²) in [6, 6.07) is 0. The Morgan fingerprint density at radius 2 is 1.83 bits per heavy atom. The van der Waals surface area contributed by atoms with Gasteiger partial charge in [0.1, 0.15) is 0 Å². The van der Waals surface area contributed by atoms with Crippen LogP contribution in [-0.4, -0.2) is 50.2 Å². The molecule has 0 saturated carbocycles. The lowest BCUT2D eigenvalue weighted by molar-refractivity contribution is -0.890. The van der Waals surface area contributed by atoms with Gasteiger partial charge in [0.25, 0.3) is 0 Å². The van der Waals surface area contributed by atoms with E-state index in [4.69, 9.17) is 4.74 Å². The molecule has 0 fully saturated rings. The van der Waals surface area contributed by atoms with Gasteiger partial charge in [-0.3, -0.25) is 0 Å². The van der Waals surface area contributed by atoms with Crippen LogP contribution in [-0.2, 0) is 14.3 Å². The molecule has 0 aliphatic heterocycles. The van der Waals surface area contributed by atoms with E-state index in [0.717, 1.165) is 19.4 Å². The standard InChI is InChI=1S/C13H23NO4/c1-11(2)13(17)18-10-6-5-8-14(3,4)9-7-12(15)16/h1,5-10H2,2-4H3. The van der Waals surface area contributed by atoms with Crippen molar-refractivity contribution in [3.05, 3.63) is 12.2 Å². The summed E-state index contributed by atoms with van der Waals surface area (Å²) in [4.78, 5) is 21.5. The highest BCUT2D eigenvalue weighted by atomic mass is 16.5. The van der Waals surface area contributed by atoms with Crippen molar-refractivity contribution >= 4 is 11.9 Å². The zero-order valence-electron chi connectivity index (χ0n) is 11.5. The van der Waals surface area contributed by atoms with Gasteiger partial charge in [0.05, 0.1) is 33.8 Å². The molecule has 0 aliphatic rings. The average Bonchev–Trinajstić information content (AvgIpc) is 2.25. The Morgan fingerprint density at radius 3 is 2.33 bits per heavy atom. The van der Waals surface area contributed by atoms with Crippen LogP contribution < -0.4 is 5.11 Å². The predicted molar refractivity (Wildman–Crippen MR) is 66.5 cm³/mol. The molecule has 0 rings (SSSR count). The summed E-state index contributed by atoms with van der Waals surface area (Å²) in [5.74, 6) is -1.38. The van der Waals surface area contributed by atoms with Crippen molar-refractivity contribution in [2.24, 2.45) is 0 Å². The van der Waals surface area contributed by atoms with Crippen molar-refractivity contribution in [3.63, 3.8) is 0 Å². The van der Waals surface area contributed by atoms with E-state index in [0.29, 0.717) is 23.2 Å². The van der Waals surface area contributed by atoms with Gasteiger partial charge in [0, 0.05) is 18.0 Å². The van der Waals surface area contributed by atoms with Crippen LogP contribution in [0.4, 0.5) is 0 Å². The average molecular weight is 257 g/mol. The first kappa shape index (κ1) is 16.6. The summed E-state index contributed by atoms with van der Waals surface area (Å²) >= 11 is 0. The second-order valence-electron chi connectivity index (χ2n) is 5.13. The van der Waals surface area contributed by atoms with E-state index in [2.05, 4.69) is 6.58 Å². The highest BCUT2D eigenvalue weighted by Gasteiger charge is 2.14. The molecule has 0 amide bonds. The van der Waals surface area contributed by atoms with Gasteiger partial charge in [-0.1, -0.05) is 6.58 Å². The lowest BCUT2D eigenvalue weighted by Gasteiger charge is -2.30. The van der Waals surface area contributed by atoms with Crippen molar-refractivity contribution < 1.29 is 23.9 Å². The van der Waals surface area contributed by atoms with E-state index in [-0.39, 0.29) is 12.4 Å². The molecule has 0 aromatic heterocycles. The van der Waals surface area contributed by atoms with Gasteiger partial charge in [0.15, 0.2) is 0 Å². The minimum Gasteiger partial charge on any atom is -0.550 e. The van der Waals surface area contributed by atoms with Crippen molar-refractivity contribution in [2.45, 2.75) is 26.2 Å². The zero-order valence-corrected chi connectivity index (χ0v) is 11.5. The second-order valence-corrected chi connectivity index (χ2v) is 5.13. The topological polar surface area (TPSA) is 66.4 Å². The predicted octanol–water partition coefficient (Wildman–Crippen LogP) is 0.102. The van der Waals surface area contributed by atoms with Crippen molar-refractivity contribution in [3.8, 4) is 0 Å². The van der Waals surface area contributed by atoms with Crippen LogP contribution in [0.2, 0.25) is 0 Å². The molecule has 0 saturated heterocycles. The summed E-state index contributed by atoms with van der Waals surface area (Å²) in [5.41, 5.74) is 0.403. The van der Waals surface area contributed by atoms with Crippen LogP contribution >= 0.6 is 0 Å². The number of carboxylic acids is 1. The van der Waals surface area contributed by atoms with Crippen LogP contribution in [0.1, 0.15) is 26.2 Å². The molecule has 18 heavy (non-hydrogen) atoms. The Balaban J connectivity index is 3.67. The molecule has 0 aliphatic carbocycles. The number of unbranched alkanes of at least 4 members (excludes halogenated alkanes) is 1. The number of carbonyl (C=O) groups is 2. The smallest absolute Gasteiger partial charge is 0.333 e. The maximum Gasteiger partial charge on any atom is 0.333 e. The van der Waals surface area contributed by atoms with Gasteiger partial charge in [-0.05, 0) is 19.8 Å². The normalized spacial score (nSPS) is 11.1. The van der Waals surface area contributed by atoms with Crippen molar-refractivity contribution in [2.75, 3.05) is 33.8 Å². The summed E-state index contributed by atoms with van der Waals surface area (Å²) in [7, 11) is 3.95. The lowest BCUT2D eigenvalue weighted by atomic mass is 10.2. The Hall–Kier alpha value is -1.36. The maximum atomic E-state index is 11.1. The SMILES string of the molecule is C=C(C)C(=O)OCCCC[N+](C)(C)CCC(=O)[O-]. The highest BCUT2D eigenvalue weighted by Crippen LogP contribution is 2.04. The molecule has 0 atom stereocenters. The highest BCUT2D eigenvalue weighted by molar-refractivity contribution is 5.86. The lowest BCUT2D eigenvalue weighted by Crippen LogP contribution is -2.43. The third-order valence-electron chi connectivity index (χ3n) is 2.66. The summed E-state index contributed by atoms with van der Waals surface area (Å²) < 4.78 is 5.59. The third-order valence-corrected chi connectivity index (χ3v) is 2.66. The Labute approximate surface area is 109 Å². The van der Waals surface area contributed by atoms with E-state index in [1.165, 1.54) is 0 Å². The molecule has 0 radical (unpaired) electrons. The molecule has 104 valence electrons. The number of nitrogens with zero attached hydrogens (tertiary/aromatic N) is 1. The first-order chi connectivity index (χ1) is 8.24. The Morgan fingerprint density at radius 1 is 1.22 bits per heavy atom. The van der Waals surface area contributed by atoms with Gasteiger partial charge < -0.3 is 19.1 Å². The fourth-order valence-corrected chi connectivity index (χ4v) is 1.44. The van der Waals surface area contributed by atoms with Gasteiger partial charge in [-0.2, -0.15) is 0 Å². The van der Waals surface area contributed by atoms with Gasteiger partial charge in [0.2, 0.25) is 0 Å². The Bertz CT molecular complexity index is 310. The van der Waals surface area contributed by atoms with Crippen LogP contribution in [0.3, 0.4) is 0 Å². The summed E-state index contributed by atoms with van der Waals surface area (Å²) in [5, 5.41) is 10.4. The molecule has 0 aromatic carbocycles. The number of esters is 1. The van der Waals surface area contributed by atoms with Crippen molar-refractivity contribution in [1.82, 2.24) is 0 Å². The number of carboxylic acid groups (broad SMARTS) is 1. The summed E-state index contributed by atoms with van der Waals surface area (Å²) in [6.45, 7) is 6.88. The molecular weight excluding hydrogens is 234 g/mol. The van der Waals surface area contributed by atoms with Crippen LogP contribution in [0.25, 0.3) is 0 Å². The molecule has 0 heterocycles. The third kappa shape index (κ3) is 8.75. The van der Waals surface area contributed by atoms with Gasteiger partial charge in [-0.15, -0.1) is 0 Å². The van der Waals surface area contributed by atoms with E-state index < -0.39 is 5.97 Å². The largest absolute Gasteiger partial charge is 0.550 e. The number of rotatable bonds is 9. The molecule has 0 unspecified atom stereocenters. The van der Waals surface area contributed by atoms with Crippen molar-refractivity contribution in [1.29, 1.82) is 0 Å². The number of ether oxygens (including phenoxy) is 1.